The summed E-state index contributed by atoms with van der Waals surface area (Å²) in [7, 11) is 0. The highest BCUT2D eigenvalue weighted by atomic mass is 127. The van der Waals surface area contributed by atoms with E-state index in [1.807, 2.05) is 6.20 Å². The van der Waals surface area contributed by atoms with Crippen LogP contribution in [-0.4, -0.2) is 45.1 Å². The number of rotatable bonds is 10. The van der Waals surface area contributed by atoms with Crippen LogP contribution in [0.25, 0.3) is 0 Å². The molecule has 0 spiro atoms. The van der Waals surface area contributed by atoms with Crippen molar-refractivity contribution in [3.8, 4) is 0 Å². The number of hydrogen-bond acceptors (Lipinski definition) is 6. The molecule has 158 valence electrons. The van der Waals surface area contributed by atoms with Crippen LogP contribution in [0, 0.1) is 12.8 Å². The second-order valence-electron chi connectivity index (χ2n) is 6.70. The molecule has 0 aliphatic carbocycles. The first-order chi connectivity index (χ1) is 13.0. The molecule has 0 saturated heterocycles. The quantitative estimate of drug-likeness (QED) is 0.158. The number of guanidine groups is 1. The second-order valence-corrected chi connectivity index (χ2v) is 8.79. The SMILES string of the molecule is CCNC(=NCc1ncc(C)s1)NCCCc1nnc(SC)n1CC(C)C.I. The molecule has 0 amide bonds. The van der Waals surface area contributed by atoms with E-state index in [0.29, 0.717) is 12.5 Å². The van der Waals surface area contributed by atoms with E-state index < -0.39 is 0 Å². The minimum Gasteiger partial charge on any atom is -0.357 e. The van der Waals surface area contributed by atoms with Crippen molar-refractivity contribution < 1.29 is 0 Å². The summed E-state index contributed by atoms with van der Waals surface area (Å²) in [5.41, 5.74) is 0. The molecule has 2 heterocycles. The van der Waals surface area contributed by atoms with Gasteiger partial charge in [-0.3, -0.25) is 0 Å². The number of nitrogens with one attached hydrogen (secondary N) is 2. The smallest absolute Gasteiger partial charge is 0.191 e. The molecule has 0 unspecified atom stereocenters. The van der Waals surface area contributed by atoms with Gasteiger partial charge in [-0.25, -0.2) is 9.98 Å². The van der Waals surface area contributed by atoms with Crippen molar-refractivity contribution in [1.29, 1.82) is 0 Å². The van der Waals surface area contributed by atoms with Gasteiger partial charge in [-0.15, -0.1) is 45.5 Å². The molecule has 7 nitrogen and oxygen atoms in total. The van der Waals surface area contributed by atoms with Gasteiger partial charge in [0.1, 0.15) is 10.8 Å². The summed E-state index contributed by atoms with van der Waals surface area (Å²) in [4.78, 5) is 10.2. The van der Waals surface area contributed by atoms with E-state index in [1.54, 1.807) is 23.1 Å². The average Bonchev–Trinajstić information content (AvgIpc) is 3.22. The maximum Gasteiger partial charge on any atom is 0.191 e. The average molecular weight is 538 g/mol. The Balaban J connectivity index is 0.00000392. The number of aliphatic imine (C=N–C) groups is 1. The highest BCUT2D eigenvalue weighted by molar-refractivity contribution is 14.0. The number of thiazole rings is 1. The van der Waals surface area contributed by atoms with Crippen LogP contribution in [0.2, 0.25) is 0 Å². The van der Waals surface area contributed by atoms with Crippen molar-refractivity contribution in [2.45, 2.75) is 58.8 Å². The molecule has 0 bridgehead atoms. The van der Waals surface area contributed by atoms with Gasteiger partial charge in [0.05, 0.1) is 6.54 Å². The Hall–Kier alpha value is -0.880. The van der Waals surface area contributed by atoms with E-state index >= 15 is 0 Å². The lowest BCUT2D eigenvalue weighted by Crippen LogP contribution is -2.37. The molecule has 28 heavy (non-hydrogen) atoms. The van der Waals surface area contributed by atoms with Crippen LogP contribution in [0.4, 0.5) is 0 Å². The third kappa shape index (κ3) is 8.24. The highest BCUT2D eigenvalue weighted by Gasteiger charge is 2.12. The van der Waals surface area contributed by atoms with E-state index in [4.69, 9.17) is 0 Å². The van der Waals surface area contributed by atoms with Crippen LogP contribution < -0.4 is 10.6 Å². The fraction of sp³-hybridized carbons (Fsp3) is 0.667. The summed E-state index contributed by atoms with van der Waals surface area (Å²) in [6.07, 6.45) is 5.82. The van der Waals surface area contributed by atoms with Gasteiger partial charge in [-0.1, -0.05) is 25.6 Å². The molecule has 0 saturated carbocycles. The third-order valence-electron chi connectivity index (χ3n) is 3.78. The molecular formula is C18H32IN7S2. The summed E-state index contributed by atoms with van der Waals surface area (Å²) < 4.78 is 2.25. The van der Waals surface area contributed by atoms with Crippen LogP contribution in [-0.2, 0) is 19.5 Å². The fourth-order valence-corrected chi connectivity index (χ4v) is 3.85. The summed E-state index contributed by atoms with van der Waals surface area (Å²) in [6.45, 7) is 11.8. The van der Waals surface area contributed by atoms with Gasteiger partial charge in [0, 0.05) is 37.1 Å². The van der Waals surface area contributed by atoms with Crippen molar-refractivity contribution in [2.24, 2.45) is 10.9 Å². The second kappa shape index (κ2) is 13.4. The predicted molar refractivity (Wildman–Crippen MR) is 130 cm³/mol. The summed E-state index contributed by atoms with van der Waals surface area (Å²) in [5, 5.41) is 17.4. The Morgan fingerprint density at radius 3 is 2.71 bits per heavy atom. The number of aryl methyl sites for hydroxylation is 2. The Bertz CT molecular complexity index is 727. The zero-order chi connectivity index (χ0) is 19.6. The number of aromatic nitrogens is 4. The highest BCUT2D eigenvalue weighted by Crippen LogP contribution is 2.16. The van der Waals surface area contributed by atoms with Gasteiger partial charge < -0.3 is 15.2 Å². The first-order valence-electron chi connectivity index (χ1n) is 9.43. The Morgan fingerprint density at radius 2 is 2.11 bits per heavy atom. The molecule has 0 radical (unpaired) electrons. The van der Waals surface area contributed by atoms with Crippen LogP contribution in [0.1, 0.15) is 42.9 Å². The summed E-state index contributed by atoms with van der Waals surface area (Å²) in [6, 6.07) is 0. The maximum atomic E-state index is 4.62. The van der Waals surface area contributed by atoms with Gasteiger partial charge in [-0.2, -0.15) is 0 Å². The molecule has 0 fully saturated rings. The van der Waals surface area contributed by atoms with Crippen LogP contribution in [0.3, 0.4) is 0 Å². The molecule has 10 heteroatoms. The van der Waals surface area contributed by atoms with Crippen molar-refractivity contribution in [3.05, 3.63) is 21.9 Å². The molecule has 2 N–H and O–H groups in total. The van der Waals surface area contributed by atoms with Gasteiger partial charge in [0.15, 0.2) is 11.1 Å². The topological polar surface area (TPSA) is 80.0 Å². The molecule has 0 atom stereocenters. The lowest BCUT2D eigenvalue weighted by atomic mass is 10.2. The van der Waals surface area contributed by atoms with E-state index in [1.165, 1.54) is 4.88 Å². The molecular weight excluding hydrogens is 505 g/mol. The molecule has 2 rings (SSSR count). The molecule has 2 aromatic heterocycles. The van der Waals surface area contributed by atoms with Crippen molar-refractivity contribution in [3.63, 3.8) is 0 Å². The molecule has 0 aliphatic rings. The van der Waals surface area contributed by atoms with Gasteiger partial charge in [0.2, 0.25) is 0 Å². The maximum absolute atomic E-state index is 4.62. The zero-order valence-electron chi connectivity index (χ0n) is 17.4. The first-order valence-corrected chi connectivity index (χ1v) is 11.5. The van der Waals surface area contributed by atoms with Crippen LogP contribution >= 0.6 is 47.1 Å². The van der Waals surface area contributed by atoms with E-state index in [9.17, 15) is 0 Å². The monoisotopic (exact) mass is 537 g/mol. The number of thioether (sulfide) groups is 1. The Labute approximate surface area is 193 Å². The number of hydrogen-bond donors (Lipinski definition) is 2. The van der Waals surface area contributed by atoms with Gasteiger partial charge in [0.25, 0.3) is 0 Å². The molecule has 0 aromatic carbocycles. The first kappa shape index (κ1) is 25.2. The Morgan fingerprint density at radius 1 is 1.32 bits per heavy atom. The Kier molecular flexibility index (Phi) is 12.0. The molecule has 2 aromatic rings. The van der Waals surface area contributed by atoms with E-state index in [2.05, 4.69) is 69.3 Å². The van der Waals surface area contributed by atoms with Crippen molar-refractivity contribution in [1.82, 2.24) is 30.4 Å². The minimum atomic E-state index is 0. The standard InChI is InChI=1S/C18H31N7S2.HI/c1-6-19-17(22-11-16-21-10-14(4)27-16)20-9-7-8-15-23-24-18(26-5)25(15)12-13(2)3;/h10,13H,6-9,11-12H2,1-5H3,(H2,19,20,22);1H. The fourth-order valence-electron chi connectivity index (χ4n) is 2.62. The van der Waals surface area contributed by atoms with Gasteiger partial charge in [-0.05, 0) is 32.4 Å². The minimum absolute atomic E-state index is 0. The number of halogens is 1. The zero-order valence-corrected chi connectivity index (χ0v) is 21.3. The summed E-state index contributed by atoms with van der Waals surface area (Å²) in [5.74, 6) is 2.47. The van der Waals surface area contributed by atoms with E-state index in [-0.39, 0.29) is 24.0 Å². The van der Waals surface area contributed by atoms with E-state index in [0.717, 1.165) is 54.4 Å². The van der Waals surface area contributed by atoms with Gasteiger partial charge >= 0.3 is 0 Å². The lowest BCUT2D eigenvalue weighted by molar-refractivity contribution is 0.477. The predicted octanol–water partition coefficient (Wildman–Crippen LogP) is 3.73. The number of nitrogens with zero attached hydrogens (tertiary/aromatic N) is 5. The molecule has 0 aliphatic heterocycles. The largest absolute Gasteiger partial charge is 0.357 e. The van der Waals surface area contributed by atoms with Crippen LogP contribution in [0.15, 0.2) is 16.3 Å². The van der Waals surface area contributed by atoms with Crippen LogP contribution in [0.5, 0.6) is 0 Å². The van der Waals surface area contributed by atoms with Crippen molar-refractivity contribution in [2.75, 3.05) is 19.3 Å². The third-order valence-corrected chi connectivity index (χ3v) is 5.34. The summed E-state index contributed by atoms with van der Waals surface area (Å²) >= 11 is 3.35. The lowest BCUT2D eigenvalue weighted by Gasteiger charge is -2.13. The van der Waals surface area contributed by atoms with Crippen molar-refractivity contribution >= 4 is 53.0 Å². The normalized spacial score (nSPS) is 11.6.